The Bertz CT molecular complexity index is 2510. The smallest absolute Gasteiger partial charge is 0.0463 e. The van der Waals surface area contributed by atoms with Crippen LogP contribution in [0.2, 0.25) is 0 Å². The molecule has 1 aliphatic carbocycles. The van der Waals surface area contributed by atoms with Crippen LogP contribution in [0.15, 0.2) is 254 Å². The van der Waals surface area contributed by atoms with E-state index in [1.165, 1.54) is 22.3 Å². The lowest BCUT2D eigenvalue weighted by atomic mass is 10.0. The molecule has 0 aliphatic heterocycles. The van der Waals surface area contributed by atoms with E-state index in [0.717, 1.165) is 57.6 Å². The fourth-order valence-electron chi connectivity index (χ4n) is 7.58. The first-order valence-electron chi connectivity index (χ1n) is 19.8. The minimum atomic E-state index is 0.899. The fraction of sp³-hybridized carbons (Fsp3) is 0.0182. The molecular weight excluding hydrogens is 703 g/mol. The minimum absolute atomic E-state index is 0.899. The average Bonchev–Trinajstić information content (AvgIpc) is 3.59. The van der Waals surface area contributed by atoms with Gasteiger partial charge in [0.2, 0.25) is 0 Å². The molecule has 8 aromatic rings. The van der Waals surface area contributed by atoms with Gasteiger partial charge in [-0.15, -0.1) is 0 Å². The van der Waals surface area contributed by atoms with Crippen LogP contribution in [0.4, 0.5) is 45.5 Å². The standard InChI is InChI=1S/C55H43N3/c1-2-12-22-49(21-11-1)57(53-37-35-52(36-38-53)56(47-23-13-5-14-24-47)48-25-15-6-16-26-48)54-39-41-55(42-40-54)58(50-31-27-45(28-32-50)43-17-7-3-8-18-43)51-33-29-46(30-34-51)44-19-9-4-10-20-44/h1,3-42H,2H2. The molecule has 1 aliphatic rings. The van der Waals surface area contributed by atoms with Gasteiger partial charge in [0.05, 0.1) is 0 Å². The number of hydrogen-bond donors (Lipinski definition) is 0. The summed E-state index contributed by atoms with van der Waals surface area (Å²) in [5.41, 5.74) is 14.6. The maximum Gasteiger partial charge on any atom is 0.0463 e. The zero-order valence-electron chi connectivity index (χ0n) is 32.2. The Kier molecular flexibility index (Phi) is 10.6. The monoisotopic (exact) mass is 745 g/mol. The Morgan fingerprint density at radius 1 is 0.259 bits per heavy atom. The number of allylic oxidation sites excluding steroid dienone is 5. The van der Waals surface area contributed by atoms with Gasteiger partial charge in [-0.3, -0.25) is 0 Å². The zero-order chi connectivity index (χ0) is 38.9. The largest absolute Gasteiger partial charge is 0.311 e. The molecule has 0 amide bonds. The van der Waals surface area contributed by atoms with Crippen LogP contribution in [0, 0.1) is 0 Å². The van der Waals surface area contributed by atoms with Crippen molar-refractivity contribution in [3.63, 3.8) is 0 Å². The van der Waals surface area contributed by atoms with Gasteiger partial charge in [0.15, 0.2) is 0 Å². The van der Waals surface area contributed by atoms with Crippen LogP contribution in [-0.2, 0) is 0 Å². The molecule has 0 unspecified atom stereocenters. The van der Waals surface area contributed by atoms with Crippen LogP contribution in [-0.4, -0.2) is 0 Å². The highest BCUT2D eigenvalue weighted by Crippen LogP contribution is 2.41. The highest BCUT2D eigenvalue weighted by atomic mass is 15.2. The molecule has 0 bridgehead atoms. The van der Waals surface area contributed by atoms with Crippen molar-refractivity contribution in [2.45, 2.75) is 6.42 Å². The second-order valence-corrected chi connectivity index (χ2v) is 14.2. The minimum Gasteiger partial charge on any atom is -0.311 e. The van der Waals surface area contributed by atoms with Crippen molar-refractivity contribution in [3.05, 3.63) is 254 Å². The van der Waals surface area contributed by atoms with Crippen molar-refractivity contribution in [1.29, 1.82) is 0 Å². The fourth-order valence-corrected chi connectivity index (χ4v) is 7.58. The Morgan fingerprint density at radius 3 is 0.931 bits per heavy atom. The van der Waals surface area contributed by atoms with Gasteiger partial charge in [0, 0.05) is 51.2 Å². The normalized spacial score (nSPS) is 12.0. The molecule has 3 nitrogen and oxygen atoms in total. The van der Waals surface area contributed by atoms with Gasteiger partial charge < -0.3 is 14.7 Å². The molecule has 0 radical (unpaired) electrons. The predicted molar refractivity (Wildman–Crippen MR) is 246 cm³/mol. The first kappa shape index (κ1) is 36.0. The van der Waals surface area contributed by atoms with Crippen LogP contribution in [0.3, 0.4) is 0 Å². The molecule has 0 saturated carbocycles. The van der Waals surface area contributed by atoms with E-state index in [0.29, 0.717) is 0 Å². The third-order valence-corrected chi connectivity index (χ3v) is 10.4. The SMILES string of the molecule is C1=CCC=CC(N(c2ccc(N(c3ccccc3)c3ccccc3)cc2)c2ccc(N(c3ccc(-c4ccccc4)cc3)c3ccc(-c4ccccc4)cc3)cc2)=C1. The summed E-state index contributed by atoms with van der Waals surface area (Å²) < 4.78 is 0. The lowest BCUT2D eigenvalue weighted by molar-refractivity contribution is 1.19. The molecule has 0 atom stereocenters. The number of para-hydroxylation sites is 2. The van der Waals surface area contributed by atoms with E-state index in [4.69, 9.17) is 0 Å². The summed E-state index contributed by atoms with van der Waals surface area (Å²) in [4.78, 5) is 6.97. The van der Waals surface area contributed by atoms with Crippen molar-refractivity contribution in [3.8, 4) is 22.3 Å². The van der Waals surface area contributed by atoms with Gasteiger partial charge in [-0.2, -0.15) is 0 Å². The number of rotatable bonds is 11. The zero-order valence-corrected chi connectivity index (χ0v) is 32.2. The molecule has 0 N–H and O–H groups in total. The van der Waals surface area contributed by atoms with Crippen LogP contribution in [0.25, 0.3) is 22.3 Å². The molecule has 0 aromatic heterocycles. The van der Waals surface area contributed by atoms with E-state index in [1.807, 2.05) is 0 Å². The third kappa shape index (κ3) is 7.88. The second-order valence-electron chi connectivity index (χ2n) is 14.2. The molecule has 0 heterocycles. The first-order valence-corrected chi connectivity index (χ1v) is 19.8. The van der Waals surface area contributed by atoms with E-state index >= 15 is 0 Å². The van der Waals surface area contributed by atoms with E-state index < -0.39 is 0 Å². The van der Waals surface area contributed by atoms with Crippen molar-refractivity contribution < 1.29 is 0 Å². The quantitative estimate of drug-likeness (QED) is 0.131. The molecule has 8 aromatic carbocycles. The molecule has 0 fully saturated rings. The van der Waals surface area contributed by atoms with Crippen molar-refractivity contribution in [2.75, 3.05) is 14.7 Å². The van der Waals surface area contributed by atoms with Gasteiger partial charge >= 0.3 is 0 Å². The number of benzene rings is 8. The first-order chi connectivity index (χ1) is 28.8. The van der Waals surface area contributed by atoms with Crippen LogP contribution >= 0.6 is 0 Å². The number of hydrogen-bond acceptors (Lipinski definition) is 3. The summed E-state index contributed by atoms with van der Waals surface area (Å²) in [6, 6.07) is 77.7. The van der Waals surface area contributed by atoms with Crippen molar-refractivity contribution >= 4 is 45.5 Å². The van der Waals surface area contributed by atoms with Crippen molar-refractivity contribution in [1.82, 2.24) is 0 Å². The van der Waals surface area contributed by atoms with E-state index in [-0.39, 0.29) is 0 Å². The lowest BCUT2D eigenvalue weighted by Gasteiger charge is -2.30. The van der Waals surface area contributed by atoms with Gasteiger partial charge in [0.25, 0.3) is 0 Å². The van der Waals surface area contributed by atoms with Gasteiger partial charge in [-0.1, -0.05) is 140 Å². The van der Waals surface area contributed by atoms with E-state index in [9.17, 15) is 0 Å². The molecule has 9 rings (SSSR count). The molecule has 3 heteroatoms. The Morgan fingerprint density at radius 2 is 0.552 bits per heavy atom. The second kappa shape index (κ2) is 17.0. The highest BCUT2D eigenvalue weighted by Gasteiger charge is 2.19. The average molecular weight is 746 g/mol. The van der Waals surface area contributed by atoms with Gasteiger partial charge in [-0.05, 0) is 138 Å². The summed E-state index contributed by atoms with van der Waals surface area (Å²) >= 11 is 0. The summed E-state index contributed by atoms with van der Waals surface area (Å²) in [6.07, 6.45) is 11.9. The number of nitrogens with zero attached hydrogens (tertiary/aromatic N) is 3. The Labute approximate surface area is 342 Å². The van der Waals surface area contributed by atoms with Gasteiger partial charge in [-0.25, -0.2) is 0 Å². The predicted octanol–water partition coefficient (Wildman–Crippen LogP) is 15.5. The maximum atomic E-state index is 2.34. The van der Waals surface area contributed by atoms with Crippen molar-refractivity contribution in [2.24, 2.45) is 0 Å². The highest BCUT2D eigenvalue weighted by molar-refractivity contribution is 5.83. The summed E-state index contributed by atoms with van der Waals surface area (Å²) in [7, 11) is 0. The molecule has 278 valence electrons. The lowest BCUT2D eigenvalue weighted by Crippen LogP contribution is -2.16. The summed E-state index contributed by atoms with van der Waals surface area (Å²) in [5, 5.41) is 0. The van der Waals surface area contributed by atoms with Gasteiger partial charge in [0.1, 0.15) is 0 Å². The molecule has 0 saturated heterocycles. The van der Waals surface area contributed by atoms with E-state index in [2.05, 4.69) is 263 Å². The maximum absolute atomic E-state index is 2.34. The number of anilines is 8. The molecular formula is C55H43N3. The molecule has 58 heavy (non-hydrogen) atoms. The van der Waals surface area contributed by atoms with Crippen LogP contribution < -0.4 is 14.7 Å². The topological polar surface area (TPSA) is 9.72 Å². The van der Waals surface area contributed by atoms with Crippen LogP contribution in [0.5, 0.6) is 0 Å². The van der Waals surface area contributed by atoms with E-state index in [1.54, 1.807) is 0 Å². The summed E-state index contributed by atoms with van der Waals surface area (Å²) in [6.45, 7) is 0. The Balaban J connectivity index is 1.08. The summed E-state index contributed by atoms with van der Waals surface area (Å²) in [5.74, 6) is 0. The molecule has 0 spiro atoms. The van der Waals surface area contributed by atoms with Crippen LogP contribution in [0.1, 0.15) is 6.42 Å². The Hall–Kier alpha value is -7.62. The third-order valence-electron chi connectivity index (χ3n) is 10.4.